The van der Waals surface area contributed by atoms with Gasteiger partial charge in [0.05, 0.1) is 10.7 Å². The van der Waals surface area contributed by atoms with E-state index in [1.807, 2.05) is 0 Å². The molecule has 0 aromatic heterocycles. The van der Waals surface area contributed by atoms with Crippen LogP contribution in [0.3, 0.4) is 0 Å². The van der Waals surface area contributed by atoms with Crippen LogP contribution in [0.25, 0.3) is 0 Å². The fourth-order valence-electron chi connectivity index (χ4n) is 2.06. The van der Waals surface area contributed by atoms with Crippen LogP contribution in [-0.4, -0.2) is 11.7 Å². The SMILES string of the molecule is NC(=O)CCC(=O)c1ccc(COc2c(N)cc(Cl)cc2Cl)cc1. The largest absolute Gasteiger partial charge is 0.485 e. The molecule has 0 saturated heterocycles. The Labute approximate surface area is 149 Å². The molecular weight excluding hydrogens is 351 g/mol. The molecule has 2 rings (SSSR count). The molecule has 0 saturated carbocycles. The maximum atomic E-state index is 11.9. The van der Waals surface area contributed by atoms with Crippen molar-refractivity contribution in [1.29, 1.82) is 0 Å². The van der Waals surface area contributed by atoms with Crippen LogP contribution in [0.5, 0.6) is 5.75 Å². The van der Waals surface area contributed by atoms with Crippen molar-refractivity contribution in [2.24, 2.45) is 5.73 Å². The third-order valence-electron chi connectivity index (χ3n) is 3.29. The van der Waals surface area contributed by atoms with E-state index in [-0.39, 0.29) is 25.2 Å². The van der Waals surface area contributed by atoms with Crippen LogP contribution in [0, 0.1) is 0 Å². The van der Waals surface area contributed by atoms with E-state index in [4.69, 9.17) is 39.4 Å². The second kappa shape index (κ2) is 8.04. The first kappa shape index (κ1) is 18.1. The zero-order valence-corrected chi connectivity index (χ0v) is 14.2. The van der Waals surface area contributed by atoms with Gasteiger partial charge in [-0.3, -0.25) is 9.59 Å². The first-order valence-electron chi connectivity index (χ1n) is 7.14. The van der Waals surface area contributed by atoms with Crippen LogP contribution in [0.1, 0.15) is 28.8 Å². The van der Waals surface area contributed by atoms with Gasteiger partial charge in [-0.25, -0.2) is 0 Å². The smallest absolute Gasteiger partial charge is 0.217 e. The van der Waals surface area contributed by atoms with Gasteiger partial charge < -0.3 is 16.2 Å². The molecule has 2 aromatic rings. The molecule has 7 heteroatoms. The number of halogens is 2. The number of ketones is 1. The highest BCUT2D eigenvalue weighted by molar-refractivity contribution is 6.36. The van der Waals surface area contributed by atoms with Crippen LogP contribution in [-0.2, 0) is 11.4 Å². The standard InChI is InChI=1S/C17H16Cl2N2O3/c18-12-7-13(19)17(14(20)8-12)24-9-10-1-3-11(4-2-10)15(22)5-6-16(21)23/h1-4,7-8H,5-6,9,20H2,(H2,21,23). The van der Waals surface area contributed by atoms with E-state index in [0.29, 0.717) is 27.0 Å². The number of hydrogen-bond acceptors (Lipinski definition) is 4. The van der Waals surface area contributed by atoms with Gasteiger partial charge in [-0.05, 0) is 17.7 Å². The Morgan fingerprint density at radius 3 is 2.29 bits per heavy atom. The number of carbonyl (C=O) groups excluding carboxylic acids is 2. The molecule has 0 aliphatic heterocycles. The summed E-state index contributed by atoms with van der Waals surface area (Å²) in [6.45, 7) is 0.237. The van der Waals surface area contributed by atoms with Crippen molar-refractivity contribution in [3.8, 4) is 5.75 Å². The lowest BCUT2D eigenvalue weighted by Crippen LogP contribution is -2.12. The molecule has 2 aromatic carbocycles. The average molecular weight is 367 g/mol. The summed E-state index contributed by atoms with van der Waals surface area (Å²) in [6, 6.07) is 9.98. The topological polar surface area (TPSA) is 95.4 Å². The predicted molar refractivity (Wildman–Crippen MR) is 94.4 cm³/mol. The molecule has 0 heterocycles. The van der Waals surface area contributed by atoms with Crippen molar-refractivity contribution < 1.29 is 14.3 Å². The number of carbonyl (C=O) groups is 2. The van der Waals surface area contributed by atoms with Gasteiger partial charge in [0.15, 0.2) is 11.5 Å². The number of Topliss-reactive ketones (excluding diaryl/α,β-unsaturated/α-hetero) is 1. The minimum atomic E-state index is -0.495. The maximum Gasteiger partial charge on any atom is 0.217 e. The second-order valence-corrected chi connectivity index (χ2v) is 6.02. The molecule has 24 heavy (non-hydrogen) atoms. The van der Waals surface area contributed by atoms with Gasteiger partial charge in [-0.15, -0.1) is 0 Å². The minimum absolute atomic E-state index is 0.0397. The fraction of sp³-hybridized carbons (Fsp3) is 0.176. The van der Waals surface area contributed by atoms with Crippen LogP contribution in [0.4, 0.5) is 5.69 Å². The van der Waals surface area contributed by atoms with E-state index in [2.05, 4.69) is 0 Å². The molecular formula is C17H16Cl2N2O3. The summed E-state index contributed by atoms with van der Waals surface area (Å²) in [7, 11) is 0. The van der Waals surface area contributed by atoms with Crippen LogP contribution in [0.2, 0.25) is 10.0 Å². The highest BCUT2D eigenvalue weighted by Crippen LogP contribution is 2.34. The Morgan fingerprint density at radius 2 is 1.71 bits per heavy atom. The molecule has 0 unspecified atom stereocenters. The Balaban J connectivity index is 2.00. The summed E-state index contributed by atoms with van der Waals surface area (Å²) >= 11 is 11.9. The van der Waals surface area contributed by atoms with Crippen molar-refractivity contribution in [3.63, 3.8) is 0 Å². The normalized spacial score (nSPS) is 10.4. The van der Waals surface area contributed by atoms with Gasteiger partial charge in [0.2, 0.25) is 5.91 Å². The number of nitrogens with two attached hydrogens (primary N) is 2. The molecule has 0 fully saturated rings. The number of hydrogen-bond donors (Lipinski definition) is 2. The molecule has 0 spiro atoms. The predicted octanol–water partition coefficient (Wildman–Crippen LogP) is 3.60. The third-order valence-corrected chi connectivity index (χ3v) is 3.79. The Kier molecular flexibility index (Phi) is 6.06. The summed E-state index contributed by atoms with van der Waals surface area (Å²) in [4.78, 5) is 22.6. The van der Waals surface area contributed by atoms with Crippen molar-refractivity contribution in [1.82, 2.24) is 0 Å². The van der Waals surface area contributed by atoms with Crippen molar-refractivity contribution >= 4 is 40.6 Å². The van der Waals surface area contributed by atoms with Crippen LogP contribution < -0.4 is 16.2 Å². The van der Waals surface area contributed by atoms with Gasteiger partial charge in [-0.2, -0.15) is 0 Å². The van der Waals surface area contributed by atoms with Gasteiger partial charge in [0, 0.05) is 23.4 Å². The van der Waals surface area contributed by atoms with E-state index >= 15 is 0 Å². The lowest BCUT2D eigenvalue weighted by molar-refractivity contribution is -0.118. The number of benzene rings is 2. The van der Waals surface area contributed by atoms with E-state index in [1.165, 1.54) is 0 Å². The fourth-order valence-corrected chi connectivity index (χ4v) is 2.62. The zero-order valence-electron chi connectivity index (χ0n) is 12.7. The molecule has 0 radical (unpaired) electrons. The van der Waals surface area contributed by atoms with Crippen molar-refractivity contribution in [2.45, 2.75) is 19.4 Å². The summed E-state index contributed by atoms with van der Waals surface area (Å²) in [5.74, 6) is -0.264. The number of nitrogen functional groups attached to an aromatic ring is 1. The van der Waals surface area contributed by atoms with E-state index in [1.54, 1.807) is 36.4 Å². The van der Waals surface area contributed by atoms with Gasteiger partial charge in [0.25, 0.3) is 0 Å². The van der Waals surface area contributed by atoms with E-state index in [9.17, 15) is 9.59 Å². The number of ether oxygens (including phenoxy) is 1. The highest BCUT2D eigenvalue weighted by atomic mass is 35.5. The number of amides is 1. The molecule has 0 aliphatic carbocycles. The lowest BCUT2D eigenvalue weighted by Gasteiger charge is -2.11. The Bertz CT molecular complexity index is 738. The lowest BCUT2D eigenvalue weighted by atomic mass is 10.0. The quantitative estimate of drug-likeness (QED) is 0.577. The molecule has 0 bridgehead atoms. The summed E-state index contributed by atoms with van der Waals surface area (Å²) in [5, 5.41) is 0.766. The number of primary amides is 1. The molecule has 0 aliphatic rings. The van der Waals surface area contributed by atoms with Crippen LogP contribution in [0.15, 0.2) is 36.4 Å². The van der Waals surface area contributed by atoms with E-state index in [0.717, 1.165) is 5.56 Å². The maximum absolute atomic E-state index is 11.9. The third kappa shape index (κ3) is 4.88. The van der Waals surface area contributed by atoms with Gasteiger partial charge in [0.1, 0.15) is 6.61 Å². The minimum Gasteiger partial charge on any atom is -0.485 e. The van der Waals surface area contributed by atoms with Gasteiger partial charge >= 0.3 is 0 Å². The molecule has 0 atom stereocenters. The highest BCUT2D eigenvalue weighted by Gasteiger charge is 2.10. The Hall–Kier alpha value is -2.24. The summed E-state index contributed by atoms with van der Waals surface area (Å²) in [5.41, 5.74) is 12.6. The van der Waals surface area contributed by atoms with E-state index < -0.39 is 5.91 Å². The molecule has 4 N–H and O–H groups in total. The molecule has 1 amide bonds. The molecule has 5 nitrogen and oxygen atoms in total. The zero-order chi connectivity index (χ0) is 17.7. The van der Waals surface area contributed by atoms with Crippen molar-refractivity contribution in [2.75, 3.05) is 5.73 Å². The van der Waals surface area contributed by atoms with Crippen LogP contribution >= 0.6 is 23.2 Å². The first-order chi connectivity index (χ1) is 11.4. The monoisotopic (exact) mass is 366 g/mol. The van der Waals surface area contributed by atoms with Gasteiger partial charge in [-0.1, -0.05) is 47.5 Å². The van der Waals surface area contributed by atoms with Crippen molar-refractivity contribution in [3.05, 3.63) is 57.6 Å². The average Bonchev–Trinajstić information content (AvgIpc) is 2.52. The summed E-state index contributed by atoms with van der Waals surface area (Å²) < 4.78 is 5.63. The Morgan fingerprint density at radius 1 is 1.04 bits per heavy atom. The number of rotatable bonds is 7. The summed E-state index contributed by atoms with van der Waals surface area (Å²) in [6.07, 6.45) is 0.139. The molecule has 126 valence electrons. The second-order valence-electron chi connectivity index (χ2n) is 5.18. The first-order valence-corrected chi connectivity index (χ1v) is 7.90. The number of anilines is 1.